The molecule has 0 bridgehead atoms. The molecule has 1 fully saturated rings. The van der Waals surface area contributed by atoms with Gasteiger partial charge in [0.15, 0.2) is 0 Å². The number of carbonyl (C=O) groups is 2. The van der Waals surface area contributed by atoms with Gasteiger partial charge in [-0.25, -0.2) is 13.6 Å². The molecule has 0 unspecified atom stereocenters. The Morgan fingerprint density at radius 1 is 1.00 bits per heavy atom. The molecule has 0 saturated carbocycles. The van der Waals surface area contributed by atoms with Gasteiger partial charge in [-0.3, -0.25) is 4.79 Å². The van der Waals surface area contributed by atoms with Crippen molar-refractivity contribution in [3.05, 3.63) is 72.0 Å². The second-order valence-electron chi connectivity index (χ2n) is 6.53. The fraction of sp³-hybridized carbons (Fsp3) is 0.364. The quantitative estimate of drug-likeness (QED) is 0.521. The smallest absolute Gasteiger partial charge is 0.321 e. The van der Waals surface area contributed by atoms with Crippen molar-refractivity contribution in [2.24, 2.45) is 0 Å². The minimum atomic E-state index is -0.589. The van der Waals surface area contributed by atoms with Gasteiger partial charge in [0, 0.05) is 37.4 Å². The first-order chi connectivity index (χ1) is 13.7. The van der Waals surface area contributed by atoms with Crippen LogP contribution in [-0.2, 0) is 4.79 Å². The fourth-order valence-corrected chi connectivity index (χ4v) is 2.64. The molecule has 1 rings (SSSR count). The predicted octanol–water partition coefficient (Wildman–Crippen LogP) is 4.55. The molecule has 1 saturated heterocycles. The molecule has 7 heteroatoms. The normalized spacial score (nSPS) is 17.0. The summed E-state index contributed by atoms with van der Waals surface area (Å²) in [7, 11) is 0. The topological polar surface area (TPSA) is 52.7 Å². The first-order valence-corrected chi connectivity index (χ1v) is 9.44. The molecule has 0 aliphatic carbocycles. The van der Waals surface area contributed by atoms with Gasteiger partial charge in [0.1, 0.15) is 11.7 Å². The highest BCUT2D eigenvalue weighted by Gasteiger charge is 2.23. The number of rotatable bonds is 6. The van der Waals surface area contributed by atoms with Crippen molar-refractivity contribution in [3.8, 4) is 0 Å². The average Bonchev–Trinajstić information content (AvgIpc) is 2.96. The third kappa shape index (κ3) is 7.52. The molecule has 0 aromatic rings. The Morgan fingerprint density at radius 2 is 1.62 bits per heavy atom. The Hall–Kier alpha value is -2.96. The maximum absolute atomic E-state index is 13.9. The summed E-state index contributed by atoms with van der Waals surface area (Å²) in [6.45, 7) is 13.5. The summed E-state index contributed by atoms with van der Waals surface area (Å²) in [6, 6.07) is -0.407. The van der Waals surface area contributed by atoms with Gasteiger partial charge in [-0.05, 0) is 51.0 Å². The van der Waals surface area contributed by atoms with Crippen LogP contribution in [0.15, 0.2) is 72.0 Å². The summed E-state index contributed by atoms with van der Waals surface area (Å²) in [5.74, 6) is -1.36. The number of halogens is 2. The van der Waals surface area contributed by atoms with Crippen LogP contribution in [0.4, 0.5) is 13.6 Å². The first kappa shape index (κ1) is 24.1. The zero-order valence-electron chi connectivity index (χ0n) is 17.3. The Kier molecular flexibility index (Phi) is 9.79. The molecule has 1 aliphatic heterocycles. The van der Waals surface area contributed by atoms with Gasteiger partial charge in [-0.15, -0.1) is 0 Å². The maximum Gasteiger partial charge on any atom is 0.321 e. The molecule has 0 spiro atoms. The van der Waals surface area contributed by atoms with Crippen LogP contribution in [0.25, 0.3) is 0 Å². The summed E-state index contributed by atoms with van der Waals surface area (Å²) in [5, 5.41) is 2.56. The monoisotopic (exact) mass is 405 g/mol. The Morgan fingerprint density at radius 3 is 2.21 bits per heavy atom. The molecule has 5 nitrogen and oxygen atoms in total. The van der Waals surface area contributed by atoms with E-state index in [-0.39, 0.29) is 17.2 Å². The van der Waals surface area contributed by atoms with Crippen molar-refractivity contribution < 1.29 is 18.4 Å². The van der Waals surface area contributed by atoms with Gasteiger partial charge in [0.2, 0.25) is 0 Å². The number of hydrogen-bond donors (Lipinski definition) is 1. The molecule has 1 aliphatic rings. The number of nitrogens with one attached hydrogen (secondary N) is 1. The fourth-order valence-electron chi connectivity index (χ4n) is 2.64. The van der Waals surface area contributed by atoms with Crippen LogP contribution >= 0.6 is 0 Å². The van der Waals surface area contributed by atoms with Crippen LogP contribution in [0, 0.1) is 0 Å². The van der Waals surface area contributed by atoms with E-state index in [1.54, 1.807) is 42.7 Å². The van der Waals surface area contributed by atoms with Gasteiger partial charge in [-0.1, -0.05) is 25.3 Å². The van der Waals surface area contributed by atoms with Gasteiger partial charge < -0.3 is 15.1 Å². The number of urea groups is 1. The van der Waals surface area contributed by atoms with E-state index in [4.69, 9.17) is 0 Å². The van der Waals surface area contributed by atoms with Gasteiger partial charge in [-0.2, -0.15) is 0 Å². The lowest BCUT2D eigenvalue weighted by Crippen LogP contribution is -2.42. The summed E-state index contributed by atoms with van der Waals surface area (Å²) in [4.78, 5) is 28.2. The largest absolute Gasteiger partial charge is 0.337 e. The van der Waals surface area contributed by atoms with Gasteiger partial charge in [0.25, 0.3) is 5.91 Å². The Labute approximate surface area is 171 Å². The summed E-state index contributed by atoms with van der Waals surface area (Å²) in [6.07, 6.45) is 7.07. The van der Waals surface area contributed by atoms with Crippen molar-refractivity contribution in [3.63, 3.8) is 0 Å². The van der Waals surface area contributed by atoms with Crippen molar-refractivity contribution in [1.29, 1.82) is 0 Å². The number of allylic oxidation sites excluding steroid dienone is 7. The first-order valence-electron chi connectivity index (χ1n) is 9.44. The van der Waals surface area contributed by atoms with Gasteiger partial charge >= 0.3 is 6.03 Å². The van der Waals surface area contributed by atoms with E-state index in [1.165, 1.54) is 6.08 Å². The molecule has 29 heavy (non-hydrogen) atoms. The van der Waals surface area contributed by atoms with Crippen molar-refractivity contribution in [2.75, 3.05) is 26.2 Å². The summed E-state index contributed by atoms with van der Waals surface area (Å²) < 4.78 is 27.3. The standard InChI is InChI=1S/C22H29F2N3O2/c1-6-16(4)20(24)14-17(5)25-22(29)27-11-9-10-26(12-13-27)21(28)18(7-2)15-19(23)8-3/h6-8,14-15H,3,5,9-13H2,1-2,4H3,(H,25,29)/b16-6-,18-7+,19-15+,20-14+. The zero-order valence-corrected chi connectivity index (χ0v) is 17.3. The second-order valence-corrected chi connectivity index (χ2v) is 6.53. The van der Waals surface area contributed by atoms with Crippen LogP contribution in [0.2, 0.25) is 0 Å². The second kappa shape index (κ2) is 11.8. The average molecular weight is 405 g/mol. The number of hydrogen-bond acceptors (Lipinski definition) is 2. The highest BCUT2D eigenvalue weighted by Crippen LogP contribution is 2.14. The van der Waals surface area contributed by atoms with Crippen LogP contribution in [0.1, 0.15) is 27.2 Å². The highest BCUT2D eigenvalue weighted by molar-refractivity contribution is 5.96. The number of carbonyl (C=O) groups excluding carboxylic acids is 2. The third-order valence-corrected chi connectivity index (χ3v) is 4.49. The van der Waals surface area contributed by atoms with Crippen LogP contribution in [-0.4, -0.2) is 47.9 Å². The molecule has 158 valence electrons. The highest BCUT2D eigenvalue weighted by atomic mass is 19.1. The Balaban J connectivity index is 2.73. The molecule has 1 heterocycles. The van der Waals surface area contributed by atoms with Crippen LogP contribution < -0.4 is 5.32 Å². The number of amides is 3. The van der Waals surface area contributed by atoms with E-state index >= 15 is 0 Å². The van der Waals surface area contributed by atoms with Crippen LogP contribution in [0.3, 0.4) is 0 Å². The predicted molar refractivity (Wildman–Crippen MR) is 112 cm³/mol. The van der Waals surface area contributed by atoms with Crippen LogP contribution in [0.5, 0.6) is 0 Å². The molecule has 0 aromatic heterocycles. The molecule has 0 aromatic carbocycles. The minimum absolute atomic E-state index is 0.145. The lowest BCUT2D eigenvalue weighted by molar-refractivity contribution is -0.126. The van der Waals surface area contributed by atoms with E-state index in [9.17, 15) is 18.4 Å². The zero-order chi connectivity index (χ0) is 22.0. The van der Waals surface area contributed by atoms with Crippen molar-refractivity contribution in [2.45, 2.75) is 27.2 Å². The third-order valence-electron chi connectivity index (χ3n) is 4.49. The Bertz CT molecular complexity index is 779. The van der Waals surface area contributed by atoms with E-state index in [0.29, 0.717) is 38.2 Å². The lowest BCUT2D eigenvalue weighted by atomic mass is 10.2. The van der Waals surface area contributed by atoms with E-state index in [2.05, 4.69) is 18.5 Å². The molecular weight excluding hydrogens is 376 g/mol. The summed E-state index contributed by atoms with van der Waals surface area (Å²) >= 11 is 0. The van der Waals surface area contributed by atoms with E-state index < -0.39 is 17.7 Å². The summed E-state index contributed by atoms with van der Waals surface area (Å²) in [5.41, 5.74) is 0.826. The van der Waals surface area contributed by atoms with Crippen molar-refractivity contribution >= 4 is 11.9 Å². The molecule has 3 amide bonds. The molecule has 1 N–H and O–H groups in total. The minimum Gasteiger partial charge on any atom is -0.337 e. The van der Waals surface area contributed by atoms with Gasteiger partial charge in [0.05, 0.1) is 0 Å². The molecular formula is C22H29F2N3O2. The molecule has 0 atom stereocenters. The van der Waals surface area contributed by atoms with Crippen molar-refractivity contribution in [1.82, 2.24) is 15.1 Å². The maximum atomic E-state index is 13.9. The van der Waals surface area contributed by atoms with E-state index in [0.717, 1.165) is 12.2 Å². The van der Waals surface area contributed by atoms with E-state index in [1.807, 2.05) is 0 Å². The number of nitrogens with zero attached hydrogens (tertiary/aromatic N) is 2. The SMILES string of the molecule is C=C/C(F)=C\C(=C/C)C(=O)N1CCCN(C(=O)NC(=C)/C=C(F)\C(C)=C/C)CC1. The molecule has 0 radical (unpaired) electrons. The lowest BCUT2D eigenvalue weighted by Gasteiger charge is -2.23.